The fourth-order valence-electron chi connectivity index (χ4n) is 3.17. The van der Waals surface area contributed by atoms with E-state index in [4.69, 9.17) is 5.26 Å². The second-order valence-electron chi connectivity index (χ2n) is 6.14. The zero-order valence-corrected chi connectivity index (χ0v) is 15.9. The van der Waals surface area contributed by atoms with Crippen LogP contribution >= 0.6 is 23.1 Å². The molecule has 3 aromatic heterocycles. The van der Waals surface area contributed by atoms with Crippen LogP contribution in [0.2, 0.25) is 0 Å². The SMILES string of the molecule is Cn1c(Sc2ccc([N+](=O)[O-])c(C#N)n2)nc2sc3c(c2c1=O)CCCC3. The molecule has 136 valence electrons. The summed E-state index contributed by atoms with van der Waals surface area (Å²) in [4.78, 5) is 33.8. The Hall–Kier alpha value is -2.77. The van der Waals surface area contributed by atoms with Crippen molar-refractivity contribution in [3.05, 3.63) is 48.7 Å². The molecule has 0 atom stereocenters. The maximum Gasteiger partial charge on any atom is 0.305 e. The normalized spacial score (nSPS) is 13.3. The van der Waals surface area contributed by atoms with Crippen LogP contribution in [0, 0.1) is 21.4 Å². The van der Waals surface area contributed by atoms with Gasteiger partial charge < -0.3 is 0 Å². The first-order valence-corrected chi connectivity index (χ1v) is 9.87. The van der Waals surface area contributed by atoms with Crippen LogP contribution in [-0.2, 0) is 19.9 Å². The highest BCUT2D eigenvalue weighted by Crippen LogP contribution is 2.35. The third-order valence-electron chi connectivity index (χ3n) is 4.50. The third-order valence-corrected chi connectivity index (χ3v) is 6.67. The molecular weight excluding hydrogens is 386 g/mol. The Morgan fingerprint density at radius 1 is 1.33 bits per heavy atom. The summed E-state index contributed by atoms with van der Waals surface area (Å²) in [6.45, 7) is 0. The molecule has 27 heavy (non-hydrogen) atoms. The Morgan fingerprint density at radius 3 is 2.85 bits per heavy atom. The van der Waals surface area contributed by atoms with Gasteiger partial charge in [-0.1, -0.05) is 0 Å². The van der Waals surface area contributed by atoms with E-state index in [1.54, 1.807) is 24.5 Å². The molecule has 0 amide bonds. The number of nitriles is 1. The number of rotatable bonds is 3. The number of hydrogen-bond donors (Lipinski definition) is 0. The molecule has 0 radical (unpaired) electrons. The Morgan fingerprint density at radius 2 is 2.11 bits per heavy atom. The van der Waals surface area contributed by atoms with Crippen LogP contribution in [0.5, 0.6) is 0 Å². The highest BCUT2D eigenvalue weighted by atomic mass is 32.2. The van der Waals surface area contributed by atoms with Crippen molar-refractivity contribution >= 4 is 39.0 Å². The molecule has 3 aromatic rings. The molecule has 3 heterocycles. The number of aromatic nitrogens is 3. The lowest BCUT2D eigenvalue weighted by Gasteiger charge is -2.10. The van der Waals surface area contributed by atoms with Crippen LogP contribution in [0.1, 0.15) is 29.0 Å². The van der Waals surface area contributed by atoms with Crippen molar-refractivity contribution in [2.75, 3.05) is 0 Å². The first-order chi connectivity index (χ1) is 13.0. The molecular formula is C17H13N5O3S2. The number of aryl methyl sites for hydroxylation is 2. The lowest BCUT2D eigenvalue weighted by atomic mass is 9.97. The highest BCUT2D eigenvalue weighted by molar-refractivity contribution is 7.99. The average Bonchev–Trinajstić information content (AvgIpc) is 3.03. The fourth-order valence-corrected chi connectivity index (χ4v) is 5.30. The smallest absolute Gasteiger partial charge is 0.290 e. The van der Waals surface area contributed by atoms with Crippen molar-refractivity contribution in [3.63, 3.8) is 0 Å². The molecule has 0 saturated carbocycles. The van der Waals surface area contributed by atoms with Crippen molar-refractivity contribution in [1.29, 1.82) is 5.26 Å². The summed E-state index contributed by atoms with van der Waals surface area (Å²) in [5, 5.41) is 21.6. The molecule has 0 saturated heterocycles. The van der Waals surface area contributed by atoms with E-state index < -0.39 is 4.92 Å². The molecule has 1 aliphatic rings. The van der Waals surface area contributed by atoms with Crippen molar-refractivity contribution in [2.45, 2.75) is 35.9 Å². The van der Waals surface area contributed by atoms with Gasteiger partial charge >= 0.3 is 5.69 Å². The first-order valence-electron chi connectivity index (χ1n) is 8.24. The number of thiophene rings is 1. The molecule has 0 fully saturated rings. The zero-order valence-electron chi connectivity index (χ0n) is 14.3. The van der Waals surface area contributed by atoms with Gasteiger partial charge in [0.15, 0.2) is 5.16 Å². The van der Waals surface area contributed by atoms with E-state index in [0.29, 0.717) is 15.6 Å². The maximum atomic E-state index is 12.9. The highest BCUT2D eigenvalue weighted by Gasteiger charge is 2.22. The van der Waals surface area contributed by atoms with E-state index in [1.807, 2.05) is 0 Å². The summed E-state index contributed by atoms with van der Waals surface area (Å²) in [5.41, 5.74) is 0.434. The third kappa shape index (κ3) is 2.98. The first kappa shape index (κ1) is 17.6. The molecule has 0 bridgehead atoms. The van der Waals surface area contributed by atoms with E-state index in [1.165, 1.54) is 21.6 Å². The van der Waals surface area contributed by atoms with Gasteiger partial charge in [-0.25, -0.2) is 9.97 Å². The van der Waals surface area contributed by atoms with Gasteiger partial charge in [-0.3, -0.25) is 19.5 Å². The van der Waals surface area contributed by atoms with Crippen molar-refractivity contribution in [1.82, 2.24) is 14.5 Å². The number of fused-ring (bicyclic) bond motifs is 3. The van der Waals surface area contributed by atoms with Crippen LogP contribution in [-0.4, -0.2) is 19.5 Å². The molecule has 0 aliphatic heterocycles. The van der Waals surface area contributed by atoms with Gasteiger partial charge in [-0.2, -0.15) is 5.26 Å². The lowest BCUT2D eigenvalue weighted by Crippen LogP contribution is -2.20. The molecule has 8 nitrogen and oxygen atoms in total. The predicted octanol–water partition coefficient (Wildman–Crippen LogP) is 3.20. The fraction of sp³-hybridized carbons (Fsp3) is 0.294. The minimum atomic E-state index is -0.643. The molecule has 0 aromatic carbocycles. The van der Waals surface area contributed by atoms with E-state index >= 15 is 0 Å². The van der Waals surface area contributed by atoms with Gasteiger partial charge in [0.05, 0.1) is 10.3 Å². The lowest BCUT2D eigenvalue weighted by molar-refractivity contribution is -0.385. The molecule has 0 spiro atoms. The van der Waals surface area contributed by atoms with Crippen molar-refractivity contribution in [3.8, 4) is 6.07 Å². The van der Waals surface area contributed by atoms with E-state index in [2.05, 4.69) is 9.97 Å². The second kappa shape index (κ2) is 6.75. The standard InChI is InChI=1S/C17H13N5O3S2/c1-21-16(23)14-9-4-2-3-5-12(9)26-15(14)20-17(21)27-13-7-6-11(22(24)25)10(8-18)19-13/h6-7H,2-5H2,1H3. The molecule has 10 heteroatoms. The zero-order chi connectivity index (χ0) is 19.1. The van der Waals surface area contributed by atoms with Gasteiger partial charge in [0, 0.05) is 18.0 Å². The Labute approximate surface area is 161 Å². The molecule has 0 N–H and O–H groups in total. The maximum absolute atomic E-state index is 12.9. The van der Waals surface area contributed by atoms with E-state index in [9.17, 15) is 14.9 Å². The topological polar surface area (TPSA) is 115 Å². The summed E-state index contributed by atoms with van der Waals surface area (Å²) in [7, 11) is 1.65. The monoisotopic (exact) mass is 399 g/mol. The van der Waals surface area contributed by atoms with E-state index in [-0.39, 0.29) is 16.9 Å². The van der Waals surface area contributed by atoms with Crippen LogP contribution in [0.3, 0.4) is 0 Å². The Balaban J connectivity index is 1.79. The number of hydrogen-bond acceptors (Lipinski definition) is 8. The van der Waals surface area contributed by atoms with Crippen LogP contribution < -0.4 is 5.56 Å². The largest absolute Gasteiger partial charge is 0.305 e. The summed E-state index contributed by atoms with van der Waals surface area (Å²) in [5.74, 6) is 0. The Kier molecular flexibility index (Phi) is 4.41. The quantitative estimate of drug-likeness (QED) is 0.377. The molecule has 0 unspecified atom stereocenters. The van der Waals surface area contributed by atoms with Gasteiger partial charge in [0.25, 0.3) is 5.56 Å². The molecule has 4 rings (SSSR count). The van der Waals surface area contributed by atoms with Crippen molar-refractivity contribution in [2.24, 2.45) is 7.05 Å². The van der Waals surface area contributed by atoms with Crippen LogP contribution in [0.15, 0.2) is 27.1 Å². The van der Waals surface area contributed by atoms with E-state index in [0.717, 1.165) is 47.8 Å². The van der Waals surface area contributed by atoms with Crippen molar-refractivity contribution < 1.29 is 4.92 Å². The second-order valence-corrected chi connectivity index (χ2v) is 8.21. The number of nitro groups is 1. The van der Waals surface area contributed by atoms with Gasteiger partial charge in [-0.05, 0) is 49.1 Å². The minimum absolute atomic E-state index is 0.0932. The summed E-state index contributed by atoms with van der Waals surface area (Å²) >= 11 is 2.67. The summed E-state index contributed by atoms with van der Waals surface area (Å²) in [6, 6.07) is 4.44. The summed E-state index contributed by atoms with van der Waals surface area (Å²) in [6.07, 6.45) is 4.11. The minimum Gasteiger partial charge on any atom is -0.290 e. The van der Waals surface area contributed by atoms with Gasteiger partial charge in [-0.15, -0.1) is 11.3 Å². The average molecular weight is 399 g/mol. The van der Waals surface area contributed by atoms with Crippen LogP contribution in [0.25, 0.3) is 10.2 Å². The number of nitrogens with zero attached hydrogens (tertiary/aromatic N) is 5. The van der Waals surface area contributed by atoms with Gasteiger partial charge in [0.2, 0.25) is 5.69 Å². The predicted molar refractivity (Wildman–Crippen MR) is 101 cm³/mol. The summed E-state index contributed by atoms with van der Waals surface area (Å²) < 4.78 is 1.48. The number of pyridine rings is 1. The van der Waals surface area contributed by atoms with Gasteiger partial charge in [0.1, 0.15) is 15.9 Å². The van der Waals surface area contributed by atoms with Crippen LogP contribution in [0.4, 0.5) is 5.69 Å². The Bertz CT molecular complexity index is 1190. The molecule has 1 aliphatic carbocycles.